The highest BCUT2D eigenvalue weighted by molar-refractivity contribution is 5.71. The van der Waals surface area contributed by atoms with E-state index in [9.17, 15) is 0 Å². The van der Waals surface area contributed by atoms with Crippen molar-refractivity contribution in [3.05, 3.63) is 72.1 Å². The van der Waals surface area contributed by atoms with Gasteiger partial charge in [-0.3, -0.25) is 0 Å². The molecule has 0 saturated heterocycles. The van der Waals surface area contributed by atoms with E-state index in [0.717, 1.165) is 23.9 Å². The second kappa shape index (κ2) is 5.48. The lowest BCUT2D eigenvalue weighted by Gasteiger charge is -2.36. The van der Waals surface area contributed by atoms with E-state index in [4.69, 9.17) is 5.73 Å². The van der Waals surface area contributed by atoms with E-state index < -0.39 is 0 Å². The van der Waals surface area contributed by atoms with E-state index in [1.165, 1.54) is 42.4 Å². The van der Waals surface area contributed by atoms with Gasteiger partial charge >= 0.3 is 0 Å². The summed E-state index contributed by atoms with van der Waals surface area (Å²) in [7, 11) is 0. The first-order chi connectivity index (χ1) is 12.3. The molecule has 0 radical (unpaired) electrons. The third-order valence-electron chi connectivity index (χ3n) is 6.11. The molecule has 0 amide bonds. The number of fused-ring (bicyclic) bond motifs is 3. The van der Waals surface area contributed by atoms with Crippen LogP contribution < -0.4 is 5.73 Å². The predicted molar refractivity (Wildman–Crippen MR) is 101 cm³/mol. The Morgan fingerprint density at radius 2 is 1.80 bits per heavy atom. The Bertz CT molecular complexity index is 903. The van der Waals surface area contributed by atoms with Gasteiger partial charge in [-0.25, -0.2) is 4.98 Å². The van der Waals surface area contributed by atoms with Crippen LogP contribution in [0.2, 0.25) is 0 Å². The fourth-order valence-electron chi connectivity index (χ4n) is 4.99. The lowest BCUT2D eigenvalue weighted by atomic mass is 9.76. The van der Waals surface area contributed by atoms with E-state index in [2.05, 4.69) is 52.1 Å². The molecule has 1 unspecified atom stereocenters. The van der Waals surface area contributed by atoms with Crippen LogP contribution >= 0.6 is 0 Å². The van der Waals surface area contributed by atoms with E-state index in [-0.39, 0.29) is 5.54 Å². The maximum Gasteiger partial charge on any atom is 0.141 e. The minimum Gasteiger partial charge on any atom is -0.399 e. The first kappa shape index (κ1) is 14.8. The van der Waals surface area contributed by atoms with E-state index >= 15 is 0 Å². The average molecular weight is 329 g/mol. The quantitative estimate of drug-likeness (QED) is 0.700. The van der Waals surface area contributed by atoms with Crippen LogP contribution in [0.5, 0.6) is 0 Å². The zero-order valence-electron chi connectivity index (χ0n) is 14.4. The number of aromatic nitrogens is 2. The Morgan fingerprint density at radius 3 is 2.60 bits per heavy atom. The lowest BCUT2D eigenvalue weighted by Crippen LogP contribution is -2.35. The summed E-state index contributed by atoms with van der Waals surface area (Å²) in [5.41, 5.74) is 10.6. The number of hydrogen-bond acceptors (Lipinski definition) is 2. The molecule has 1 aliphatic heterocycles. The van der Waals surface area contributed by atoms with Gasteiger partial charge in [0.05, 0.1) is 5.54 Å². The molecule has 2 aliphatic rings. The van der Waals surface area contributed by atoms with Crippen molar-refractivity contribution in [2.24, 2.45) is 5.92 Å². The molecule has 1 saturated carbocycles. The first-order valence-corrected chi connectivity index (χ1v) is 9.29. The molecule has 2 N–H and O–H groups in total. The third-order valence-corrected chi connectivity index (χ3v) is 6.11. The normalized spacial score (nSPS) is 22.1. The summed E-state index contributed by atoms with van der Waals surface area (Å²) < 4.78 is 2.40. The molecule has 2 aromatic carbocycles. The van der Waals surface area contributed by atoms with E-state index in [1.54, 1.807) is 0 Å². The van der Waals surface area contributed by atoms with Gasteiger partial charge in [-0.1, -0.05) is 62.1 Å². The summed E-state index contributed by atoms with van der Waals surface area (Å²) in [6, 6.07) is 17.2. The zero-order valence-corrected chi connectivity index (χ0v) is 14.4. The Hall–Kier alpha value is -2.55. The minimum atomic E-state index is -0.162. The van der Waals surface area contributed by atoms with Crippen molar-refractivity contribution in [3.63, 3.8) is 0 Å². The molecule has 126 valence electrons. The van der Waals surface area contributed by atoms with Crippen molar-refractivity contribution in [3.8, 4) is 11.4 Å². The molecular weight excluding hydrogens is 306 g/mol. The monoisotopic (exact) mass is 329 g/mol. The number of nitrogen functional groups attached to an aromatic ring is 1. The van der Waals surface area contributed by atoms with Crippen molar-refractivity contribution in [2.75, 3.05) is 5.73 Å². The van der Waals surface area contributed by atoms with Gasteiger partial charge in [0.25, 0.3) is 0 Å². The van der Waals surface area contributed by atoms with Crippen LogP contribution in [0.25, 0.3) is 11.4 Å². The van der Waals surface area contributed by atoms with Gasteiger partial charge in [-0.15, -0.1) is 0 Å². The summed E-state index contributed by atoms with van der Waals surface area (Å²) in [5, 5.41) is 0. The Balaban J connectivity index is 1.77. The fourth-order valence-corrected chi connectivity index (χ4v) is 4.99. The Kier molecular flexibility index (Phi) is 3.24. The van der Waals surface area contributed by atoms with Gasteiger partial charge in [0.2, 0.25) is 0 Å². The Morgan fingerprint density at radius 1 is 1.04 bits per heavy atom. The largest absolute Gasteiger partial charge is 0.399 e. The second-order valence-corrected chi connectivity index (χ2v) is 7.50. The molecule has 1 aliphatic carbocycles. The molecule has 2 heterocycles. The third kappa shape index (κ3) is 2.08. The summed E-state index contributed by atoms with van der Waals surface area (Å²) in [5.74, 6) is 1.85. The second-order valence-electron chi connectivity index (χ2n) is 7.50. The summed E-state index contributed by atoms with van der Waals surface area (Å²) in [6.45, 7) is 0. The molecular formula is C22H23N3. The van der Waals surface area contributed by atoms with Crippen LogP contribution in [0, 0.1) is 5.92 Å². The smallest absolute Gasteiger partial charge is 0.141 e. The number of hydrogen-bond donors (Lipinski definition) is 1. The van der Waals surface area contributed by atoms with E-state index in [0.29, 0.717) is 0 Å². The standard InChI is InChI=1S/C22H23N3/c23-18-11-9-17(10-12-18)22(15-16-5-1-2-6-16)20-8-4-3-7-19(20)21-24-13-14-25(21)22/h3-4,7-14,16H,1-2,5-6,15,23H2. The molecule has 1 fully saturated rings. The molecule has 0 bridgehead atoms. The van der Waals surface area contributed by atoms with Crippen molar-refractivity contribution < 1.29 is 0 Å². The molecule has 1 aromatic heterocycles. The van der Waals surface area contributed by atoms with Crippen molar-refractivity contribution >= 4 is 5.69 Å². The molecule has 0 spiro atoms. The number of imidazole rings is 1. The number of nitrogens with zero attached hydrogens (tertiary/aromatic N) is 2. The lowest BCUT2D eigenvalue weighted by molar-refractivity contribution is 0.332. The van der Waals surface area contributed by atoms with Crippen LogP contribution in [0.15, 0.2) is 60.9 Å². The van der Waals surface area contributed by atoms with Crippen molar-refractivity contribution in [2.45, 2.75) is 37.6 Å². The van der Waals surface area contributed by atoms with Crippen LogP contribution in [0.1, 0.15) is 43.2 Å². The molecule has 3 nitrogen and oxygen atoms in total. The Labute approximate surface area is 148 Å². The van der Waals surface area contributed by atoms with Gasteiger partial charge in [0, 0.05) is 23.6 Å². The number of rotatable bonds is 3. The maximum atomic E-state index is 5.98. The van der Waals surface area contributed by atoms with Gasteiger partial charge in [0.15, 0.2) is 0 Å². The van der Waals surface area contributed by atoms with Crippen LogP contribution in [0.4, 0.5) is 5.69 Å². The topological polar surface area (TPSA) is 43.8 Å². The van der Waals surface area contributed by atoms with Gasteiger partial charge < -0.3 is 10.3 Å². The maximum absolute atomic E-state index is 5.98. The molecule has 25 heavy (non-hydrogen) atoms. The zero-order chi connectivity index (χ0) is 16.9. The molecule has 1 atom stereocenters. The fraction of sp³-hybridized carbons (Fsp3) is 0.318. The highest BCUT2D eigenvalue weighted by Gasteiger charge is 2.46. The van der Waals surface area contributed by atoms with Crippen LogP contribution in [-0.4, -0.2) is 9.55 Å². The van der Waals surface area contributed by atoms with Crippen molar-refractivity contribution in [1.29, 1.82) is 0 Å². The number of anilines is 1. The summed E-state index contributed by atoms with van der Waals surface area (Å²) in [4.78, 5) is 4.69. The van der Waals surface area contributed by atoms with Gasteiger partial charge in [0.1, 0.15) is 5.82 Å². The number of nitrogens with two attached hydrogens (primary N) is 1. The molecule has 5 rings (SSSR count). The number of benzene rings is 2. The average Bonchev–Trinajstić information content (AvgIpc) is 3.36. The highest BCUT2D eigenvalue weighted by Crippen LogP contribution is 2.51. The van der Waals surface area contributed by atoms with E-state index in [1.807, 2.05) is 18.3 Å². The van der Waals surface area contributed by atoms with Gasteiger partial charge in [-0.2, -0.15) is 0 Å². The van der Waals surface area contributed by atoms with Crippen LogP contribution in [-0.2, 0) is 5.54 Å². The first-order valence-electron chi connectivity index (χ1n) is 9.29. The SMILES string of the molecule is Nc1ccc(C2(CC3CCCC3)c3ccccc3-c3nccn32)cc1. The minimum absolute atomic E-state index is 0.162. The highest BCUT2D eigenvalue weighted by atomic mass is 15.2. The predicted octanol–water partition coefficient (Wildman–Crippen LogP) is 4.82. The summed E-state index contributed by atoms with van der Waals surface area (Å²) >= 11 is 0. The van der Waals surface area contributed by atoms with Crippen LogP contribution in [0.3, 0.4) is 0 Å². The van der Waals surface area contributed by atoms with Crippen molar-refractivity contribution in [1.82, 2.24) is 9.55 Å². The summed E-state index contributed by atoms with van der Waals surface area (Å²) in [6.07, 6.45) is 10.6. The van der Waals surface area contributed by atoms with Gasteiger partial charge in [-0.05, 0) is 35.6 Å². The molecule has 3 aromatic rings. The molecule has 3 heteroatoms.